The van der Waals surface area contributed by atoms with Crippen molar-refractivity contribution in [3.8, 4) is 0 Å². The second-order valence-corrected chi connectivity index (χ2v) is 6.95. The lowest BCUT2D eigenvalue weighted by Gasteiger charge is -2.51. The van der Waals surface area contributed by atoms with Crippen LogP contribution in [0, 0.1) is 5.92 Å². The Morgan fingerprint density at radius 2 is 1.91 bits per heavy atom. The highest BCUT2D eigenvalue weighted by Crippen LogP contribution is 2.46. The van der Waals surface area contributed by atoms with Gasteiger partial charge in [0.15, 0.2) is 0 Å². The fraction of sp³-hybridized carbons (Fsp3) is 0.611. The third-order valence-electron chi connectivity index (χ3n) is 5.87. The van der Waals surface area contributed by atoms with Gasteiger partial charge in [-0.2, -0.15) is 0 Å². The molecule has 4 aliphatic rings. The lowest BCUT2D eigenvalue weighted by atomic mass is 9.75. The quantitative estimate of drug-likeness (QED) is 0.914. The Hall–Kier alpha value is -1.39. The minimum Gasteiger partial charge on any atom is -0.336 e. The van der Waals surface area contributed by atoms with E-state index in [1.165, 1.54) is 31.5 Å². The number of likely N-dealkylation sites (N-methyl/N-ethyl adjacent to an activating group) is 1. The summed E-state index contributed by atoms with van der Waals surface area (Å²) in [5.74, 6) is 1.43. The number of hydrogen-bond acceptors (Lipinski definition) is 3. The van der Waals surface area contributed by atoms with E-state index in [9.17, 15) is 4.79 Å². The number of carbonyl (C=O) groups is 1. The van der Waals surface area contributed by atoms with Crippen molar-refractivity contribution < 1.29 is 4.79 Å². The fourth-order valence-electron chi connectivity index (χ4n) is 4.95. The van der Waals surface area contributed by atoms with Crippen molar-refractivity contribution in [1.82, 2.24) is 15.1 Å². The summed E-state index contributed by atoms with van der Waals surface area (Å²) in [6.45, 7) is 3.76. The third kappa shape index (κ3) is 2.17. The molecule has 4 aliphatic heterocycles. The molecule has 3 atom stereocenters. The van der Waals surface area contributed by atoms with Crippen LogP contribution in [0.15, 0.2) is 30.3 Å². The molecule has 4 heterocycles. The monoisotopic (exact) mass is 299 g/mol. The molecule has 0 saturated carbocycles. The molecular weight excluding hydrogens is 274 g/mol. The van der Waals surface area contributed by atoms with Crippen LogP contribution in [0.25, 0.3) is 0 Å². The van der Waals surface area contributed by atoms with Crippen LogP contribution in [0.1, 0.15) is 24.3 Å². The predicted octanol–water partition coefficient (Wildman–Crippen LogP) is 1.29. The third-order valence-corrected chi connectivity index (χ3v) is 5.87. The number of fused-ring (bicyclic) bond motifs is 2. The van der Waals surface area contributed by atoms with Crippen molar-refractivity contribution >= 4 is 5.91 Å². The summed E-state index contributed by atoms with van der Waals surface area (Å²) >= 11 is 0. The van der Waals surface area contributed by atoms with Crippen molar-refractivity contribution in [2.45, 2.75) is 30.8 Å². The standard InChI is InChI=1S/C18H25N3O/c1-19-11-16(22)21-12-15(13-5-3-2-4-6-13)18-17(21)14-7-9-20(18)10-8-14/h2-6,14-15,17-19H,7-12H2,1H3/t15-,17+,18+/m1/s1. The summed E-state index contributed by atoms with van der Waals surface area (Å²) in [6.07, 6.45) is 2.51. The fourth-order valence-corrected chi connectivity index (χ4v) is 4.95. The van der Waals surface area contributed by atoms with Gasteiger partial charge in [-0.3, -0.25) is 9.69 Å². The molecule has 0 aliphatic carbocycles. The zero-order valence-electron chi connectivity index (χ0n) is 13.2. The van der Waals surface area contributed by atoms with Crippen LogP contribution < -0.4 is 5.32 Å². The van der Waals surface area contributed by atoms with Gasteiger partial charge in [-0.25, -0.2) is 0 Å². The summed E-state index contributed by atoms with van der Waals surface area (Å²) in [4.78, 5) is 17.4. The van der Waals surface area contributed by atoms with Gasteiger partial charge >= 0.3 is 0 Å². The van der Waals surface area contributed by atoms with Gasteiger partial charge in [-0.05, 0) is 44.5 Å². The number of rotatable bonds is 3. The summed E-state index contributed by atoms with van der Waals surface area (Å²) in [6, 6.07) is 11.7. The van der Waals surface area contributed by atoms with E-state index in [0.717, 1.165) is 6.54 Å². The molecular formula is C18H25N3O. The van der Waals surface area contributed by atoms with Gasteiger partial charge in [-0.15, -0.1) is 0 Å². The molecule has 0 unspecified atom stereocenters. The molecule has 4 saturated heterocycles. The minimum atomic E-state index is 0.268. The molecule has 4 nitrogen and oxygen atoms in total. The van der Waals surface area contributed by atoms with E-state index in [-0.39, 0.29) is 5.91 Å². The topological polar surface area (TPSA) is 35.6 Å². The van der Waals surface area contributed by atoms with Crippen LogP contribution in [0.3, 0.4) is 0 Å². The highest BCUT2D eigenvalue weighted by molar-refractivity contribution is 5.79. The highest BCUT2D eigenvalue weighted by atomic mass is 16.2. The molecule has 1 amide bonds. The molecule has 1 N–H and O–H groups in total. The van der Waals surface area contributed by atoms with E-state index in [0.29, 0.717) is 30.5 Å². The van der Waals surface area contributed by atoms with Gasteiger partial charge < -0.3 is 10.2 Å². The average Bonchev–Trinajstić information content (AvgIpc) is 3.00. The first-order valence-corrected chi connectivity index (χ1v) is 8.52. The Kier molecular flexibility index (Phi) is 3.66. The molecule has 5 rings (SSSR count). The van der Waals surface area contributed by atoms with Crippen LogP contribution in [-0.2, 0) is 4.79 Å². The lowest BCUT2D eigenvalue weighted by Crippen LogP contribution is -2.61. The first-order valence-electron chi connectivity index (χ1n) is 8.52. The second kappa shape index (κ2) is 5.67. The summed E-state index contributed by atoms with van der Waals surface area (Å²) in [5, 5.41) is 3.03. The maximum atomic E-state index is 12.6. The molecule has 0 radical (unpaired) electrons. The van der Waals surface area contributed by atoms with Gasteiger partial charge in [-0.1, -0.05) is 30.3 Å². The van der Waals surface area contributed by atoms with Crippen molar-refractivity contribution in [2.75, 3.05) is 33.2 Å². The lowest BCUT2D eigenvalue weighted by molar-refractivity contribution is -0.134. The predicted molar refractivity (Wildman–Crippen MR) is 86.7 cm³/mol. The van der Waals surface area contributed by atoms with Gasteiger partial charge in [0.05, 0.1) is 12.6 Å². The van der Waals surface area contributed by atoms with Crippen molar-refractivity contribution in [1.29, 1.82) is 0 Å². The van der Waals surface area contributed by atoms with Crippen molar-refractivity contribution in [3.05, 3.63) is 35.9 Å². The minimum absolute atomic E-state index is 0.268. The Balaban J connectivity index is 1.68. The SMILES string of the molecule is CNCC(=O)N1C[C@H](c2ccccc2)[C@H]2[C@@H]1C1CCN2CC1. The Morgan fingerprint density at radius 3 is 2.59 bits per heavy atom. The van der Waals surface area contributed by atoms with Crippen LogP contribution in [-0.4, -0.2) is 61.0 Å². The number of piperidine rings is 3. The van der Waals surface area contributed by atoms with E-state index in [1.807, 2.05) is 7.05 Å². The number of benzene rings is 1. The van der Waals surface area contributed by atoms with E-state index >= 15 is 0 Å². The second-order valence-electron chi connectivity index (χ2n) is 6.95. The van der Waals surface area contributed by atoms with Gasteiger partial charge in [0.1, 0.15) is 0 Å². The van der Waals surface area contributed by atoms with Crippen molar-refractivity contribution in [3.63, 3.8) is 0 Å². The van der Waals surface area contributed by atoms with Gasteiger partial charge in [0, 0.05) is 18.5 Å². The number of likely N-dealkylation sites (tertiary alicyclic amines) is 1. The van der Waals surface area contributed by atoms with Crippen LogP contribution in [0.4, 0.5) is 0 Å². The molecule has 0 spiro atoms. The molecule has 0 aromatic heterocycles. The van der Waals surface area contributed by atoms with E-state index in [4.69, 9.17) is 0 Å². The molecule has 22 heavy (non-hydrogen) atoms. The number of nitrogens with one attached hydrogen (secondary N) is 1. The normalized spacial score (nSPS) is 36.4. The summed E-state index contributed by atoms with van der Waals surface area (Å²) in [5.41, 5.74) is 1.39. The molecule has 1 aromatic rings. The van der Waals surface area contributed by atoms with E-state index in [1.54, 1.807) is 0 Å². The number of carbonyl (C=O) groups excluding carboxylic acids is 1. The number of nitrogens with zero attached hydrogens (tertiary/aromatic N) is 2. The van der Waals surface area contributed by atoms with E-state index < -0.39 is 0 Å². The van der Waals surface area contributed by atoms with Gasteiger partial charge in [0.2, 0.25) is 5.91 Å². The first kappa shape index (κ1) is 14.2. The summed E-state index contributed by atoms with van der Waals surface area (Å²) in [7, 11) is 1.86. The Morgan fingerprint density at radius 1 is 1.18 bits per heavy atom. The first-order chi connectivity index (χ1) is 10.8. The Bertz CT molecular complexity index is 539. The van der Waals surface area contributed by atoms with Gasteiger partial charge in [0.25, 0.3) is 0 Å². The Labute approximate surface area is 132 Å². The molecule has 2 bridgehead atoms. The highest BCUT2D eigenvalue weighted by Gasteiger charge is 2.54. The number of amides is 1. The van der Waals surface area contributed by atoms with Crippen LogP contribution in [0.2, 0.25) is 0 Å². The zero-order valence-corrected chi connectivity index (χ0v) is 13.2. The average molecular weight is 299 g/mol. The molecule has 4 heteroatoms. The van der Waals surface area contributed by atoms with Crippen LogP contribution >= 0.6 is 0 Å². The molecule has 1 aromatic carbocycles. The largest absolute Gasteiger partial charge is 0.336 e. The maximum Gasteiger partial charge on any atom is 0.236 e. The molecule has 4 fully saturated rings. The molecule has 118 valence electrons. The van der Waals surface area contributed by atoms with Crippen molar-refractivity contribution in [2.24, 2.45) is 5.92 Å². The van der Waals surface area contributed by atoms with Crippen LogP contribution in [0.5, 0.6) is 0 Å². The van der Waals surface area contributed by atoms with E-state index in [2.05, 4.69) is 45.4 Å². The maximum absolute atomic E-state index is 12.6. The smallest absolute Gasteiger partial charge is 0.236 e. The zero-order chi connectivity index (χ0) is 15.1. The summed E-state index contributed by atoms with van der Waals surface area (Å²) < 4.78 is 0. The number of hydrogen-bond donors (Lipinski definition) is 1.